The fraction of sp³-hybridized carbons (Fsp3) is 0.629. The highest BCUT2D eigenvalue weighted by atomic mass is 16.5. The maximum Gasteiger partial charge on any atom is 0.314 e. The van der Waals surface area contributed by atoms with Gasteiger partial charge in [-0.15, -0.1) is 0 Å². The van der Waals surface area contributed by atoms with Crippen molar-refractivity contribution in [1.29, 1.82) is 0 Å². The van der Waals surface area contributed by atoms with Crippen molar-refractivity contribution in [2.75, 3.05) is 0 Å². The molecule has 1 fully saturated rings. The molecular formula is C35H52O2. The molecule has 204 valence electrons. The highest BCUT2D eigenvalue weighted by Gasteiger charge is 2.27. The Morgan fingerprint density at radius 1 is 0.757 bits per heavy atom. The number of ether oxygens (including phenoxy) is 1. The van der Waals surface area contributed by atoms with Gasteiger partial charge in [-0.3, -0.25) is 4.79 Å². The van der Waals surface area contributed by atoms with Crippen LogP contribution in [0.25, 0.3) is 11.1 Å². The SMILES string of the molecule is CCC(C)CCCC1CCC(C(=O)Oc2ccc(-c3ccc(CC(C)CCC(C)CC)cc3)cc2)CC1. The second kappa shape index (κ2) is 15.4. The number of esters is 1. The molecule has 0 amide bonds. The van der Waals surface area contributed by atoms with Gasteiger partial charge in [-0.2, -0.15) is 0 Å². The molecule has 2 aromatic rings. The quantitative estimate of drug-likeness (QED) is 0.189. The minimum atomic E-state index is -0.0439. The van der Waals surface area contributed by atoms with Gasteiger partial charge >= 0.3 is 5.97 Å². The van der Waals surface area contributed by atoms with Gasteiger partial charge in [0.05, 0.1) is 5.92 Å². The molecular weight excluding hydrogens is 452 g/mol. The maximum atomic E-state index is 12.8. The van der Waals surface area contributed by atoms with Crippen LogP contribution in [0.4, 0.5) is 0 Å². The Balaban J connectivity index is 1.42. The maximum absolute atomic E-state index is 12.8. The van der Waals surface area contributed by atoms with E-state index in [2.05, 4.69) is 71.0 Å². The van der Waals surface area contributed by atoms with Gasteiger partial charge in [0, 0.05) is 0 Å². The largest absolute Gasteiger partial charge is 0.426 e. The van der Waals surface area contributed by atoms with E-state index in [4.69, 9.17) is 4.74 Å². The van der Waals surface area contributed by atoms with E-state index in [1.54, 1.807) is 0 Å². The fourth-order valence-electron chi connectivity index (χ4n) is 5.67. The van der Waals surface area contributed by atoms with Crippen molar-refractivity contribution < 1.29 is 9.53 Å². The highest BCUT2D eigenvalue weighted by molar-refractivity contribution is 5.75. The summed E-state index contributed by atoms with van der Waals surface area (Å²) in [6.45, 7) is 11.6. The smallest absolute Gasteiger partial charge is 0.314 e. The lowest BCUT2D eigenvalue weighted by Crippen LogP contribution is -2.25. The van der Waals surface area contributed by atoms with Crippen molar-refractivity contribution in [2.24, 2.45) is 29.6 Å². The summed E-state index contributed by atoms with van der Waals surface area (Å²) in [6, 6.07) is 17.0. The Morgan fingerprint density at radius 2 is 1.30 bits per heavy atom. The first kappa shape index (κ1) is 29.5. The van der Waals surface area contributed by atoms with E-state index in [1.165, 1.54) is 68.9 Å². The average Bonchev–Trinajstić information content (AvgIpc) is 2.92. The Labute approximate surface area is 227 Å². The molecule has 0 heterocycles. The van der Waals surface area contributed by atoms with E-state index >= 15 is 0 Å². The zero-order valence-corrected chi connectivity index (χ0v) is 24.3. The summed E-state index contributed by atoms with van der Waals surface area (Å²) in [5, 5.41) is 0. The van der Waals surface area contributed by atoms with E-state index in [0.717, 1.165) is 48.5 Å². The summed E-state index contributed by atoms with van der Waals surface area (Å²) in [7, 11) is 0. The Bertz CT molecular complexity index is 905. The summed E-state index contributed by atoms with van der Waals surface area (Å²) in [5.41, 5.74) is 3.78. The van der Waals surface area contributed by atoms with Gasteiger partial charge in [-0.05, 0) is 84.6 Å². The molecule has 3 rings (SSSR count). The van der Waals surface area contributed by atoms with Crippen LogP contribution in [0.2, 0.25) is 0 Å². The van der Waals surface area contributed by atoms with Crippen LogP contribution in [0.1, 0.15) is 111 Å². The summed E-state index contributed by atoms with van der Waals surface area (Å²) in [5.74, 6) is 3.87. The first-order chi connectivity index (χ1) is 17.9. The molecule has 0 aromatic heterocycles. The van der Waals surface area contributed by atoms with Crippen LogP contribution in [0.5, 0.6) is 5.75 Å². The summed E-state index contributed by atoms with van der Waals surface area (Å²) in [6.07, 6.45) is 14.6. The lowest BCUT2D eigenvalue weighted by Gasteiger charge is -2.27. The molecule has 0 radical (unpaired) electrons. The summed E-state index contributed by atoms with van der Waals surface area (Å²) >= 11 is 0. The zero-order valence-electron chi connectivity index (χ0n) is 24.3. The van der Waals surface area contributed by atoms with Gasteiger partial charge in [0.1, 0.15) is 5.75 Å². The number of hydrogen-bond acceptors (Lipinski definition) is 2. The minimum absolute atomic E-state index is 0.0439. The minimum Gasteiger partial charge on any atom is -0.426 e. The van der Waals surface area contributed by atoms with Gasteiger partial charge in [0.15, 0.2) is 0 Å². The van der Waals surface area contributed by atoms with Crippen LogP contribution in [-0.2, 0) is 11.2 Å². The van der Waals surface area contributed by atoms with E-state index < -0.39 is 0 Å². The van der Waals surface area contributed by atoms with Crippen LogP contribution >= 0.6 is 0 Å². The average molecular weight is 505 g/mol. The van der Waals surface area contributed by atoms with Crippen LogP contribution in [0.15, 0.2) is 48.5 Å². The van der Waals surface area contributed by atoms with Gasteiger partial charge in [0.25, 0.3) is 0 Å². The fourth-order valence-corrected chi connectivity index (χ4v) is 5.67. The highest BCUT2D eigenvalue weighted by Crippen LogP contribution is 2.34. The first-order valence-corrected chi connectivity index (χ1v) is 15.3. The normalized spacial score (nSPS) is 20.2. The third kappa shape index (κ3) is 9.95. The molecule has 0 aliphatic heterocycles. The topological polar surface area (TPSA) is 26.3 Å². The molecule has 1 aliphatic rings. The first-order valence-electron chi connectivity index (χ1n) is 15.3. The summed E-state index contributed by atoms with van der Waals surface area (Å²) in [4.78, 5) is 12.8. The number of carbonyl (C=O) groups is 1. The van der Waals surface area contributed by atoms with Crippen molar-refractivity contribution >= 4 is 5.97 Å². The monoisotopic (exact) mass is 504 g/mol. The van der Waals surface area contributed by atoms with Crippen molar-refractivity contribution in [3.05, 3.63) is 54.1 Å². The molecule has 1 aliphatic carbocycles. The van der Waals surface area contributed by atoms with Crippen LogP contribution < -0.4 is 4.74 Å². The van der Waals surface area contributed by atoms with Crippen molar-refractivity contribution in [3.8, 4) is 16.9 Å². The molecule has 0 spiro atoms. The predicted octanol–water partition coefficient (Wildman–Crippen LogP) is 10.3. The molecule has 37 heavy (non-hydrogen) atoms. The molecule has 2 aromatic carbocycles. The zero-order chi connectivity index (χ0) is 26.6. The second-order valence-corrected chi connectivity index (χ2v) is 12.2. The van der Waals surface area contributed by atoms with Gasteiger partial charge in [0.2, 0.25) is 0 Å². The lowest BCUT2D eigenvalue weighted by molar-refractivity contribution is -0.140. The Kier molecular flexibility index (Phi) is 12.2. The molecule has 2 heteroatoms. The van der Waals surface area contributed by atoms with Crippen molar-refractivity contribution in [3.63, 3.8) is 0 Å². The third-order valence-corrected chi connectivity index (χ3v) is 8.98. The molecule has 0 bridgehead atoms. The van der Waals surface area contributed by atoms with E-state index in [9.17, 15) is 4.79 Å². The third-order valence-electron chi connectivity index (χ3n) is 8.98. The Hall–Kier alpha value is -2.09. The molecule has 3 unspecified atom stereocenters. The second-order valence-electron chi connectivity index (χ2n) is 12.2. The van der Waals surface area contributed by atoms with Crippen LogP contribution in [0, 0.1) is 29.6 Å². The van der Waals surface area contributed by atoms with E-state index in [-0.39, 0.29) is 11.9 Å². The van der Waals surface area contributed by atoms with E-state index in [0.29, 0.717) is 5.75 Å². The molecule has 0 N–H and O–H groups in total. The van der Waals surface area contributed by atoms with Gasteiger partial charge in [-0.1, -0.05) is 116 Å². The number of carbonyl (C=O) groups excluding carboxylic acids is 1. The van der Waals surface area contributed by atoms with Crippen molar-refractivity contribution in [2.45, 2.75) is 112 Å². The molecule has 2 nitrogen and oxygen atoms in total. The van der Waals surface area contributed by atoms with Crippen LogP contribution in [0.3, 0.4) is 0 Å². The predicted molar refractivity (Wildman–Crippen MR) is 158 cm³/mol. The number of benzene rings is 2. The molecule has 1 saturated carbocycles. The molecule has 3 atom stereocenters. The summed E-state index contributed by atoms with van der Waals surface area (Å²) < 4.78 is 5.78. The molecule has 0 saturated heterocycles. The van der Waals surface area contributed by atoms with Gasteiger partial charge in [-0.25, -0.2) is 0 Å². The van der Waals surface area contributed by atoms with Crippen molar-refractivity contribution in [1.82, 2.24) is 0 Å². The lowest BCUT2D eigenvalue weighted by atomic mass is 9.79. The Morgan fingerprint density at radius 3 is 1.89 bits per heavy atom. The van der Waals surface area contributed by atoms with Gasteiger partial charge < -0.3 is 4.74 Å². The number of rotatable bonds is 14. The van der Waals surface area contributed by atoms with E-state index in [1.807, 2.05) is 12.1 Å². The number of hydrogen-bond donors (Lipinski definition) is 0. The van der Waals surface area contributed by atoms with Crippen LogP contribution in [-0.4, -0.2) is 5.97 Å². The standard InChI is InChI=1S/C35H52O2/c1-6-26(3)9-8-10-29-13-19-33(20-14-29)35(36)37-34-23-21-32(22-24-34)31-17-15-30(16-18-31)25-28(5)12-11-27(4)7-2/h15-18,21-24,26-29,33H,6-14,19-20,25H2,1-5H3.